The molecular weight excluding hydrogens is 196 g/mol. The Bertz CT molecular complexity index is 414. The first-order chi connectivity index (χ1) is 7.24. The summed E-state index contributed by atoms with van der Waals surface area (Å²) < 4.78 is 0. The Hall–Kier alpha value is -2.37. The molecule has 6 heteroatoms. The molecule has 0 saturated carbocycles. The summed E-state index contributed by atoms with van der Waals surface area (Å²) >= 11 is 0. The predicted octanol–water partition coefficient (Wildman–Crippen LogP) is 0.592. The van der Waals surface area contributed by atoms with Gasteiger partial charge in [-0.3, -0.25) is 4.79 Å². The molecule has 6 nitrogen and oxygen atoms in total. The lowest BCUT2D eigenvalue weighted by Gasteiger charge is -1.91. The zero-order chi connectivity index (χ0) is 11.1. The summed E-state index contributed by atoms with van der Waals surface area (Å²) in [7, 11) is 0. The first-order valence-corrected chi connectivity index (χ1v) is 4.08. The number of aromatic hydroxyl groups is 1. The second-order valence-electron chi connectivity index (χ2n) is 2.55. The number of hydrogen-bond acceptors (Lipinski definition) is 5. The van der Waals surface area contributed by atoms with E-state index in [9.17, 15) is 4.79 Å². The lowest BCUT2D eigenvalue weighted by molar-refractivity contribution is 0.112. The van der Waals surface area contributed by atoms with Crippen LogP contribution in [0.4, 0.5) is 5.95 Å². The number of aromatic amines is 1. The van der Waals surface area contributed by atoms with Gasteiger partial charge < -0.3 is 10.8 Å². The van der Waals surface area contributed by atoms with E-state index in [0.717, 1.165) is 0 Å². The molecule has 0 unspecified atom stereocenters. The molecule has 0 spiro atoms. The number of rotatable bonds is 1. The number of phenols is 1. The number of phenolic OH excluding ortho intramolecular Hbond substituents is 1. The van der Waals surface area contributed by atoms with Gasteiger partial charge in [-0.1, -0.05) is 12.1 Å². The van der Waals surface area contributed by atoms with Gasteiger partial charge in [0, 0.05) is 0 Å². The molecule has 1 heterocycles. The van der Waals surface area contributed by atoms with Crippen molar-refractivity contribution in [3.8, 4) is 5.75 Å². The molecular formula is C9H10N4O2. The van der Waals surface area contributed by atoms with Crippen molar-refractivity contribution in [1.29, 1.82) is 0 Å². The fourth-order valence-corrected chi connectivity index (χ4v) is 0.802. The van der Waals surface area contributed by atoms with E-state index in [-0.39, 0.29) is 5.75 Å². The first-order valence-electron chi connectivity index (χ1n) is 4.08. The highest BCUT2D eigenvalue weighted by Crippen LogP contribution is 2.11. The van der Waals surface area contributed by atoms with Crippen LogP contribution in [-0.2, 0) is 0 Å². The maximum Gasteiger partial charge on any atom is 0.215 e. The lowest BCUT2D eigenvalue weighted by Crippen LogP contribution is -1.84. The van der Waals surface area contributed by atoms with Gasteiger partial charge >= 0.3 is 0 Å². The van der Waals surface area contributed by atoms with Gasteiger partial charge in [-0.15, -0.1) is 0 Å². The van der Waals surface area contributed by atoms with E-state index in [0.29, 0.717) is 17.8 Å². The molecule has 1 aromatic heterocycles. The molecule has 0 aliphatic carbocycles. The maximum absolute atomic E-state index is 10.1. The SMILES string of the molecule is Nc1ncn[nH]1.O=Cc1ccccc1O. The van der Waals surface area contributed by atoms with Gasteiger partial charge in [-0.25, -0.2) is 10.1 Å². The third-order valence-corrected chi connectivity index (χ3v) is 1.50. The van der Waals surface area contributed by atoms with Crippen LogP contribution in [0.1, 0.15) is 10.4 Å². The molecule has 0 radical (unpaired) electrons. The van der Waals surface area contributed by atoms with Crippen molar-refractivity contribution in [2.24, 2.45) is 0 Å². The van der Waals surface area contributed by atoms with Crippen molar-refractivity contribution in [1.82, 2.24) is 15.2 Å². The van der Waals surface area contributed by atoms with E-state index in [1.165, 1.54) is 12.4 Å². The molecule has 4 N–H and O–H groups in total. The average molecular weight is 206 g/mol. The van der Waals surface area contributed by atoms with Crippen molar-refractivity contribution >= 4 is 12.2 Å². The minimum atomic E-state index is 0.0347. The van der Waals surface area contributed by atoms with Crippen molar-refractivity contribution in [3.63, 3.8) is 0 Å². The maximum atomic E-state index is 10.1. The zero-order valence-corrected chi connectivity index (χ0v) is 7.79. The number of carbonyl (C=O) groups excluding carboxylic acids is 1. The molecule has 2 rings (SSSR count). The Balaban J connectivity index is 0.000000162. The number of H-pyrrole nitrogens is 1. The van der Waals surface area contributed by atoms with Crippen molar-refractivity contribution < 1.29 is 9.90 Å². The van der Waals surface area contributed by atoms with Crippen LogP contribution in [0.15, 0.2) is 30.6 Å². The number of para-hydroxylation sites is 1. The van der Waals surface area contributed by atoms with E-state index < -0.39 is 0 Å². The predicted molar refractivity (Wildman–Crippen MR) is 54.3 cm³/mol. The summed E-state index contributed by atoms with van der Waals surface area (Å²) in [4.78, 5) is 13.6. The van der Waals surface area contributed by atoms with Crippen LogP contribution in [0.25, 0.3) is 0 Å². The smallest absolute Gasteiger partial charge is 0.215 e. The van der Waals surface area contributed by atoms with E-state index >= 15 is 0 Å². The molecule has 0 aliphatic heterocycles. The number of nitrogens with two attached hydrogens (primary N) is 1. The van der Waals surface area contributed by atoms with Gasteiger partial charge in [0.1, 0.15) is 12.1 Å². The van der Waals surface area contributed by atoms with E-state index in [4.69, 9.17) is 10.8 Å². The third kappa shape index (κ3) is 3.47. The fraction of sp³-hybridized carbons (Fsp3) is 0. The monoisotopic (exact) mass is 206 g/mol. The first kappa shape index (κ1) is 10.7. The number of hydrogen-bond donors (Lipinski definition) is 3. The molecule has 1 aromatic carbocycles. The van der Waals surface area contributed by atoms with Gasteiger partial charge in [-0.2, -0.15) is 5.10 Å². The number of benzene rings is 1. The topological polar surface area (TPSA) is 105 Å². The normalized spacial score (nSPS) is 8.80. The Morgan fingerprint density at radius 2 is 2.13 bits per heavy atom. The van der Waals surface area contributed by atoms with Gasteiger partial charge in [0.05, 0.1) is 5.56 Å². The summed E-state index contributed by atoms with van der Waals surface area (Å²) in [6.45, 7) is 0. The lowest BCUT2D eigenvalue weighted by atomic mass is 10.2. The average Bonchev–Trinajstić information content (AvgIpc) is 2.71. The molecule has 0 bridgehead atoms. The Labute approximate surface area is 85.8 Å². The summed E-state index contributed by atoms with van der Waals surface area (Å²) in [5, 5.41) is 14.8. The van der Waals surface area contributed by atoms with Crippen LogP contribution in [0, 0.1) is 0 Å². The van der Waals surface area contributed by atoms with Crippen LogP contribution < -0.4 is 5.73 Å². The van der Waals surface area contributed by atoms with Crippen LogP contribution in [-0.4, -0.2) is 26.6 Å². The highest BCUT2D eigenvalue weighted by atomic mass is 16.3. The molecule has 0 saturated heterocycles. The van der Waals surface area contributed by atoms with E-state index in [2.05, 4.69) is 15.2 Å². The van der Waals surface area contributed by atoms with Crippen molar-refractivity contribution in [3.05, 3.63) is 36.2 Å². The number of aromatic nitrogens is 3. The summed E-state index contributed by atoms with van der Waals surface area (Å²) in [6.07, 6.45) is 1.98. The van der Waals surface area contributed by atoms with Gasteiger partial charge in [-0.05, 0) is 12.1 Å². The number of anilines is 1. The van der Waals surface area contributed by atoms with Gasteiger partial charge in [0.2, 0.25) is 5.95 Å². The van der Waals surface area contributed by atoms with Crippen LogP contribution >= 0.6 is 0 Å². The van der Waals surface area contributed by atoms with Crippen LogP contribution in [0.5, 0.6) is 5.75 Å². The number of aldehydes is 1. The molecule has 0 atom stereocenters. The Kier molecular flexibility index (Phi) is 3.84. The Morgan fingerprint density at radius 1 is 1.40 bits per heavy atom. The van der Waals surface area contributed by atoms with Crippen LogP contribution in [0.3, 0.4) is 0 Å². The zero-order valence-electron chi connectivity index (χ0n) is 7.79. The number of nitrogen functional groups attached to an aromatic ring is 1. The number of carbonyl (C=O) groups is 1. The highest BCUT2D eigenvalue weighted by molar-refractivity contribution is 5.78. The van der Waals surface area contributed by atoms with Gasteiger partial charge in [0.25, 0.3) is 0 Å². The largest absolute Gasteiger partial charge is 0.507 e. The second kappa shape index (κ2) is 5.38. The summed E-state index contributed by atoms with van der Waals surface area (Å²) in [5.41, 5.74) is 5.38. The molecule has 0 aliphatic rings. The molecule has 78 valence electrons. The quantitative estimate of drug-likeness (QED) is 0.592. The number of nitrogens with zero attached hydrogens (tertiary/aromatic N) is 2. The molecule has 2 aromatic rings. The van der Waals surface area contributed by atoms with Crippen LogP contribution in [0.2, 0.25) is 0 Å². The summed E-state index contributed by atoms with van der Waals surface area (Å²) in [6, 6.07) is 6.40. The molecule has 0 amide bonds. The number of nitrogens with one attached hydrogen (secondary N) is 1. The summed E-state index contributed by atoms with van der Waals surface area (Å²) in [5.74, 6) is 0.391. The highest BCUT2D eigenvalue weighted by Gasteiger charge is 1.93. The van der Waals surface area contributed by atoms with Crippen molar-refractivity contribution in [2.45, 2.75) is 0 Å². The molecule has 15 heavy (non-hydrogen) atoms. The van der Waals surface area contributed by atoms with E-state index in [1.807, 2.05) is 0 Å². The second-order valence-corrected chi connectivity index (χ2v) is 2.55. The minimum Gasteiger partial charge on any atom is -0.507 e. The van der Waals surface area contributed by atoms with E-state index in [1.54, 1.807) is 18.2 Å². The standard InChI is InChI=1S/C7H6O2.C2H4N4/c8-5-6-3-1-2-4-7(6)9;3-2-4-1-5-6-2/h1-5,9H;1H,(H3,3,4,5,6). The van der Waals surface area contributed by atoms with Gasteiger partial charge in [0.15, 0.2) is 6.29 Å². The van der Waals surface area contributed by atoms with Crippen molar-refractivity contribution in [2.75, 3.05) is 5.73 Å². The molecule has 0 fully saturated rings. The Morgan fingerprint density at radius 3 is 2.47 bits per heavy atom. The fourth-order valence-electron chi connectivity index (χ4n) is 0.802. The minimum absolute atomic E-state index is 0.0347. The third-order valence-electron chi connectivity index (χ3n) is 1.50.